The number of carbonyl (C=O) groups excluding carboxylic acids is 1. The molecule has 1 aliphatic rings. The molecule has 0 unspecified atom stereocenters. The van der Waals surface area contributed by atoms with Crippen molar-refractivity contribution in [3.05, 3.63) is 39.9 Å². The van der Waals surface area contributed by atoms with Gasteiger partial charge in [-0.2, -0.15) is 0 Å². The maximum absolute atomic E-state index is 11.8. The first-order chi connectivity index (χ1) is 7.47. The number of anilines is 1. The first-order valence-electron chi connectivity index (χ1n) is 4.68. The van der Waals surface area contributed by atoms with Crippen molar-refractivity contribution in [2.75, 3.05) is 18.5 Å². The van der Waals surface area contributed by atoms with Crippen LogP contribution in [0.1, 0.15) is 5.56 Å². The molecule has 0 aromatic heterocycles. The second kappa shape index (κ2) is 3.28. The van der Waals surface area contributed by atoms with Crippen molar-refractivity contribution >= 4 is 11.6 Å². The molecule has 1 aliphatic heterocycles. The van der Waals surface area contributed by atoms with Crippen LogP contribution in [0, 0.1) is 10.1 Å². The summed E-state index contributed by atoms with van der Waals surface area (Å²) in [5, 5.41) is 20.6. The molecule has 2 rings (SSSR count). The molecule has 0 fully saturated rings. The molecule has 1 aromatic rings. The van der Waals surface area contributed by atoms with Crippen molar-refractivity contribution in [3.8, 4) is 0 Å². The highest BCUT2D eigenvalue weighted by Crippen LogP contribution is 2.39. The molecule has 1 heterocycles. The predicted molar refractivity (Wildman–Crippen MR) is 55.6 cm³/mol. The van der Waals surface area contributed by atoms with Gasteiger partial charge in [0.15, 0.2) is 0 Å². The van der Waals surface area contributed by atoms with E-state index in [2.05, 4.69) is 0 Å². The van der Waals surface area contributed by atoms with Crippen LogP contribution in [0.5, 0.6) is 0 Å². The third-order valence-corrected chi connectivity index (χ3v) is 2.73. The molecule has 84 valence electrons. The summed E-state index contributed by atoms with van der Waals surface area (Å²) < 4.78 is 0. The number of likely N-dealkylation sites (N-methyl/N-ethyl adjacent to an activating group) is 1. The van der Waals surface area contributed by atoms with Crippen LogP contribution in [-0.2, 0) is 10.4 Å². The summed E-state index contributed by atoms with van der Waals surface area (Å²) in [6, 6.07) is 6.52. The molecule has 1 amide bonds. The largest absolute Gasteiger partial charge is 0.370 e. The Kier molecular flexibility index (Phi) is 2.16. The molecule has 0 radical (unpaired) electrons. The Morgan fingerprint density at radius 3 is 2.75 bits per heavy atom. The van der Waals surface area contributed by atoms with Gasteiger partial charge in [0.1, 0.15) is 0 Å². The Morgan fingerprint density at radius 2 is 2.12 bits per heavy atom. The Balaban J connectivity index is 2.56. The van der Waals surface area contributed by atoms with E-state index in [1.54, 1.807) is 18.2 Å². The summed E-state index contributed by atoms with van der Waals surface area (Å²) in [6.07, 6.45) is 0. The predicted octanol–water partition coefficient (Wildman–Crippen LogP) is 0.127. The fourth-order valence-corrected chi connectivity index (χ4v) is 1.96. The summed E-state index contributed by atoms with van der Waals surface area (Å²) in [5.74, 6) is -0.662. The van der Waals surface area contributed by atoms with Crippen LogP contribution in [0.4, 0.5) is 5.69 Å². The van der Waals surface area contributed by atoms with Crippen molar-refractivity contribution in [3.63, 3.8) is 0 Å². The molecule has 0 bridgehead atoms. The van der Waals surface area contributed by atoms with E-state index in [-0.39, 0.29) is 0 Å². The van der Waals surface area contributed by atoms with Crippen LogP contribution in [0.15, 0.2) is 24.3 Å². The number of amides is 1. The van der Waals surface area contributed by atoms with Gasteiger partial charge in [0.05, 0.1) is 5.69 Å². The lowest BCUT2D eigenvalue weighted by atomic mass is 9.96. The zero-order valence-corrected chi connectivity index (χ0v) is 8.58. The van der Waals surface area contributed by atoms with Gasteiger partial charge in [-0.3, -0.25) is 14.9 Å². The summed E-state index contributed by atoms with van der Waals surface area (Å²) in [7, 11) is 1.49. The van der Waals surface area contributed by atoms with Crippen molar-refractivity contribution in [1.29, 1.82) is 0 Å². The maximum atomic E-state index is 11.8. The molecule has 16 heavy (non-hydrogen) atoms. The Bertz CT molecular complexity index is 474. The SMILES string of the molecule is CN1C(=O)[C@@](O)(C[N+](=O)[O-])c2ccccc21. The lowest BCUT2D eigenvalue weighted by Gasteiger charge is -2.16. The van der Waals surface area contributed by atoms with Crippen molar-refractivity contribution in [1.82, 2.24) is 0 Å². The summed E-state index contributed by atoms with van der Waals surface area (Å²) in [5.41, 5.74) is -1.23. The highest BCUT2D eigenvalue weighted by molar-refractivity contribution is 6.06. The topological polar surface area (TPSA) is 83.7 Å². The monoisotopic (exact) mass is 222 g/mol. The van der Waals surface area contributed by atoms with Crippen LogP contribution >= 0.6 is 0 Å². The molecule has 6 nitrogen and oxygen atoms in total. The average Bonchev–Trinajstić information content (AvgIpc) is 2.42. The minimum Gasteiger partial charge on any atom is -0.370 e. The Morgan fingerprint density at radius 1 is 1.50 bits per heavy atom. The molecular weight excluding hydrogens is 212 g/mol. The van der Waals surface area contributed by atoms with Crippen LogP contribution < -0.4 is 4.90 Å². The highest BCUT2D eigenvalue weighted by atomic mass is 16.6. The molecular formula is C10H10N2O4. The van der Waals surface area contributed by atoms with E-state index in [9.17, 15) is 20.0 Å². The van der Waals surface area contributed by atoms with Gasteiger partial charge >= 0.3 is 0 Å². The number of hydrogen-bond donors (Lipinski definition) is 1. The number of nitro groups is 1. The standard InChI is InChI=1S/C10H10N2O4/c1-11-8-5-3-2-4-7(8)10(14,9(11)13)6-12(15)16/h2-5,14H,6H2,1H3/t10-/m1/s1. The number of aliphatic hydroxyl groups is 1. The zero-order valence-electron chi connectivity index (χ0n) is 8.58. The van der Waals surface area contributed by atoms with E-state index in [1.165, 1.54) is 18.0 Å². The molecule has 0 saturated carbocycles. The molecule has 1 aromatic carbocycles. The maximum Gasteiger partial charge on any atom is 0.270 e. The van der Waals surface area contributed by atoms with Crippen LogP contribution in [-0.4, -0.2) is 29.5 Å². The Labute approximate surface area is 91.3 Å². The fourth-order valence-electron chi connectivity index (χ4n) is 1.96. The number of nitrogens with zero attached hydrogens (tertiary/aromatic N) is 2. The first-order valence-corrected chi connectivity index (χ1v) is 4.68. The van der Waals surface area contributed by atoms with Gasteiger partial charge in [0.25, 0.3) is 5.91 Å². The quantitative estimate of drug-likeness (QED) is 0.569. The third kappa shape index (κ3) is 1.27. The zero-order chi connectivity index (χ0) is 11.9. The van der Waals surface area contributed by atoms with Gasteiger partial charge in [0, 0.05) is 17.5 Å². The minimum absolute atomic E-state index is 0.291. The molecule has 0 saturated heterocycles. The summed E-state index contributed by atoms with van der Waals surface area (Å²) in [4.78, 5) is 22.8. The second-order valence-electron chi connectivity index (χ2n) is 3.73. The van der Waals surface area contributed by atoms with Crippen molar-refractivity contribution < 1.29 is 14.8 Å². The lowest BCUT2D eigenvalue weighted by molar-refractivity contribution is -0.498. The molecule has 1 atom stereocenters. The number of carbonyl (C=O) groups is 1. The number of fused-ring (bicyclic) bond motifs is 1. The van der Waals surface area contributed by atoms with Crippen molar-refractivity contribution in [2.45, 2.75) is 5.60 Å². The van der Waals surface area contributed by atoms with Gasteiger partial charge in [-0.1, -0.05) is 18.2 Å². The van der Waals surface area contributed by atoms with E-state index in [0.717, 1.165) is 0 Å². The van der Waals surface area contributed by atoms with E-state index in [4.69, 9.17) is 0 Å². The smallest absolute Gasteiger partial charge is 0.270 e. The van der Waals surface area contributed by atoms with Gasteiger partial charge in [0.2, 0.25) is 12.1 Å². The number of benzene rings is 1. The van der Waals surface area contributed by atoms with Crippen LogP contribution in [0.2, 0.25) is 0 Å². The molecule has 1 N–H and O–H groups in total. The summed E-state index contributed by atoms with van der Waals surface area (Å²) in [6.45, 7) is -0.812. The highest BCUT2D eigenvalue weighted by Gasteiger charge is 2.52. The van der Waals surface area contributed by atoms with Crippen molar-refractivity contribution in [2.24, 2.45) is 0 Å². The first kappa shape index (κ1) is 10.6. The van der Waals surface area contributed by atoms with Crippen LogP contribution in [0.3, 0.4) is 0 Å². The van der Waals surface area contributed by atoms with Gasteiger partial charge in [-0.25, -0.2) is 0 Å². The van der Waals surface area contributed by atoms with E-state index in [0.29, 0.717) is 11.3 Å². The number of hydrogen-bond acceptors (Lipinski definition) is 4. The second-order valence-corrected chi connectivity index (χ2v) is 3.73. The summed E-state index contributed by atoms with van der Waals surface area (Å²) >= 11 is 0. The average molecular weight is 222 g/mol. The van der Waals surface area contributed by atoms with E-state index in [1.807, 2.05) is 0 Å². The third-order valence-electron chi connectivity index (χ3n) is 2.73. The Hall–Kier alpha value is -1.95. The van der Waals surface area contributed by atoms with E-state index >= 15 is 0 Å². The van der Waals surface area contributed by atoms with Gasteiger partial charge < -0.3 is 10.0 Å². The molecule has 0 aliphatic carbocycles. The van der Waals surface area contributed by atoms with Gasteiger partial charge in [-0.15, -0.1) is 0 Å². The number of para-hydroxylation sites is 1. The lowest BCUT2D eigenvalue weighted by Crippen LogP contribution is -2.43. The normalized spacial score (nSPS) is 23.4. The van der Waals surface area contributed by atoms with Gasteiger partial charge in [-0.05, 0) is 6.07 Å². The molecule has 0 spiro atoms. The number of rotatable bonds is 2. The minimum atomic E-state index is -2.03. The molecule has 6 heteroatoms. The van der Waals surface area contributed by atoms with Crippen LogP contribution in [0.25, 0.3) is 0 Å². The fraction of sp³-hybridized carbons (Fsp3) is 0.300. The van der Waals surface area contributed by atoms with E-state index < -0.39 is 23.0 Å².